The number of rotatable bonds is 7. The van der Waals surface area contributed by atoms with Gasteiger partial charge in [0.15, 0.2) is 0 Å². The summed E-state index contributed by atoms with van der Waals surface area (Å²) in [6, 6.07) is 15.4. The molecule has 0 radical (unpaired) electrons. The monoisotopic (exact) mass is 311 g/mol. The molecule has 0 saturated carbocycles. The first-order valence-corrected chi connectivity index (χ1v) is 7.39. The maximum Gasteiger partial charge on any atom is 0.277 e. The molecule has 2 aromatic rings. The van der Waals surface area contributed by atoms with E-state index in [9.17, 15) is 4.79 Å². The third-order valence-electron chi connectivity index (χ3n) is 3.51. The Kier molecular flexibility index (Phi) is 5.94. The SMILES string of the molecule is C=CCc1c(OCc2ccccc2)cccc1C(=O)N(C)OC. The fourth-order valence-corrected chi connectivity index (χ4v) is 2.24. The van der Waals surface area contributed by atoms with Crippen molar-refractivity contribution in [2.24, 2.45) is 0 Å². The van der Waals surface area contributed by atoms with Crippen LogP contribution in [-0.2, 0) is 17.9 Å². The summed E-state index contributed by atoms with van der Waals surface area (Å²) in [5, 5.41) is 1.20. The van der Waals surface area contributed by atoms with Crippen LogP contribution in [0.1, 0.15) is 21.5 Å². The van der Waals surface area contributed by atoms with Crippen LogP contribution in [0.25, 0.3) is 0 Å². The summed E-state index contributed by atoms with van der Waals surface area (Å²) >= 11 is 0. The van der Waals surface area contributed by atoms with E-state index in [1.807, 2.05) is 42.5 Å². The van der Waals surface area contributed by atoms with E-state index in [4.69, 9.17) is 9.57 Å². The lowest BCUT2D eigenvalue weighted by Crippen LogP contribution is -2.26. The number of hydrogen-bond acceptors (Lipinski definition) is 3. The van der Waals surface area contributed by atoms with Gasteiger partial charge in [0.2, 0.25) is 0 Å². The van der Waals surface area contributed by atoms with Crippen LogP contribution in [0.4, 0.5) is 0 Å². The summed E-state index contributed by atoms with van der Waals surface area (Å²) in [7, 11) is 3.04. The molecule has 0 aliphatic carbocycles. The minimum Gasteiger partial charge on any atom is -0.489 e. The number of carbonyl (C=O) groups is 1. The van der Waals surface area contributed by atoms with E-state index in [0.29, 0.717) is 24.3 Å². The molecule has 0 atom stereocenters. The van der Waals surface area contributed by atoms with Crippen molar-refractivity contribution >= 4 is 5.91 Å². The predicted molar refractivity (Wildman–Crippen MR) is 90.2 cm³/mol. The summed E-state index contributed by atoms with van der Waals surface area (Å²) in [4.78, 5) is 17.4. The zero-order valence-corrected chi connectivity index (χ0v) is 13.5. The Morgan fingerprint density at radius 2 is 1.91 bits per heavy atom. The largest absolute Gasteiger partial charge is 0.489 e. The normalized spacial score (nSPS) is 10.2. The van der Waals surface area contributed by atoms with Crippen molar-refractivity contribution in [2.45, 2.75) is 13.0 Å². The third kappa shape index (κ3) is 4.20. The minimum atomic E-state index is -0.213. The highest BCUT2D eigenvalue weighted by Gasteiger charge is 2.18. The zero-order chi connectivity index (χ0) is 16.7. The van der Waals surface area contributed by atoms with Crippen LogP contribution >= 0.6 is 0 Å². The van der Waals surface area contributed by atoms with E-state index in [2.05, 4.69) is 6.58 Å². The van der Waals surface area contributed by atoms with E-state index in [0.717, 1.165) is 11.1 Å². The molecule has 120 valence electrons. The van der Waals surface area contributed by atoms with Crippen molar-refractivity contribution in [3.8, 4) is 5.75 Å². The van der Waals surface area contributed by atoms with Gasteiger partial charge in [-0.15, -0.1) is 6.58 Å². The second kappa shape index (κ2) is 8.15. The first-order chi connectivity index (χ1) is 11.2. The van der Waals surface area contributed by atoms with Gasteiger partial charge < -0.3 is 4.74 Å². The standard InChI is InChI=1S/C19H21NO3/c1-4-9-16-17(19(21)20(2)22-3)12-8-13-18(16)23-14-15-10-6-5-7-11-15/h4-8,10-13H,1,9,14H2,2-3H3. The number of benzene rings is 2. The molecule has 0 fully saturated rings. The molecule has 0 unspecified atom stereocenters. The molecule has 2 aromatic carbocycles. The third-order valence-corrected chi connectivity index (χ3v) is 3.51. The first-order valence-electron chi connectivity index (χ1n) is 7.39. The number of allylic oxidation sites excluding steroid dienone is 1. The van der Waals surface area contributed by atoms with E-state index in [-0.39, 0.29) is 5.91 Å². The van der Waals surface area contributed by atoms with Gasteiger partial charge in [-0.05, 0) is 24.1 Å². The van der Waals surface area contributed by atoms with Gasteiger partial charge in [0.1, 0.15) is 12.4 Å². The van der Waals surface area contributed by atoms with Gasteiger partial charge in [-0.1, -0.05) is 42.5 Å². The van der Waals surface area contributed by atoms with Crippen LogP contribution in [0.5, 0.6) is 5.75 Å². The van der Waals surface area contributed by atoms with Gasteiger partial charge >= 0.3 is 0 Å². The van der Waals surface area contributed by atoms with Crippen LogP contribution in [0.3, 0.4) is 0 Å². The second-order valence-electron chi connectivity index (χ2n) is 5.03. The Hall–Kier alpha value is -2.59. The number of hydroxylamine groups is 2. The van der Waals surface area contributed by atoms with E-state index in [1.165, 1.54) is 12.2 Å². The minimum absolute atomic E-state index is 0.213. The zero-order valence-electron chi connectivity index (χ0n) is 13.5. The van der Waals surface area contributed by atoms with Gasteiger partial charge in [0.25, 0.3) is 5.91 Å². The Morgan fingerprint density at radius 3 is 2.57 bits per heavy atom. The van der Waals surface area contributed by atoms with Gasteiger partial charge in [-0.25, -0.2) is 5.06 Å². The van der Waals surface area contributed by atoms with Crippen molar-refractivity contribution in [1.82, 2.24) is 5.06 Å². The number of amides is 1. The molecule has 0 aromatic heterocycles. The highest BCUT2D eigenvalue weighted by Crippen LogP contribution is 2.25. The van der Waals surface area contributed by atoms with E-state index >= 15 is 0 Å². The van der Waals surface area contributed by atoms with Crippen LogP contribution in [-0.4, -0.2) is 25.1 Å². The molecule has 0 saturated heterocycles. The molecular formula is C19H21NO3. The molecule has 2 rings (SSSR count). The fourth-order valence-electron chi connectivity index (χ4n) is 2.24. The van der Waals surface area contributed by atoms with Gasteiger partial charge in [-0.3, -0.25) is 9.63 Å². The Bertz CT molecular complexity index is 668. The van der Waals surface area contributed by atoms with Crippen LogP contribution in [0.2, 0.25) is 0 Å². The van der Waals surface area contributed by atoms with Crippen LogP contribution in [0, 0.1) is 0 Å². The summed E-state index contributed by atoms with van der Waals surface area (Å²) in [5.74, 6) is 0.471. The smallest absolute Gasteiger partial charge is 0.277 e. The van der Waals surface area contributed by atoms with Crippen molar-refractivity contribution in [3.05, 3.63) is 77.9 Å². The second-order valence-corrected chi connectivity index (χ2v) is 5.03. The molecule has 1 amide bonds. The lowest BCUT2D eigenvalue weighted by molar-refractivity contribution is -0.0757. The average Bonchev–Trinajstić information content (AvgIpc) is 2.60. The fraction of sp³-hybridized carbons (Fsp3) is 0.211. The quantitative estimate of drug-likeness (QED) is 0.579. The number of nitrogens with zero attached hydrogens (tertiary/aromatic N) is 1. The topological polar surface area (TPSA) is 38.8 Å². The molecule has 4 nitrogen and oxygen atoms in total. The summed E-state index contributed by atoms with van der Waals surface area (Å²) < 4.78 is 5.92. The molecule has 0 spiro atoms. The van der Waals surface area contributed by atoms with Gasteiger partial charge in [0.05, 0.1) is 7.11 Å². The average molecular weight is 311 g/mol. The number of hydrogen-bond donors (Lipinski definition) is 0. The molecule has 0 bridgehead atoms. The maximum atomic E-state index is 12.4. The summed E-state index contributed by atoms with van der Waals surface area (Å²) in [5.41, 5.74) is 2.44. The molecule has 23 heavy (non-hydrogen) atoms. The summed E-state index contributed by atoms with van der Waals surface area (Å²) in [6.07, 6.45) is 2.30. The Labute approximate surface area is 136 Å². The molecular weight excluding hydrogens is 290 g/mol. The molecule has 0 aliphatic heterocycles. The lowest BCUT2D eigenvalue weighted by Gasteiger charge is -2.18. The summed E-state index contributed by atoms with van der Waals surface area (Å²) in [6.45, 7) is 4.22. The maximum absolute atomic E-state index is 12.4. The van der Waals surface area contributed by atoms with Crippen LogP contribution in [0.15, 0.2) is 61.2 Å². The van der Waals surface area contributed by atoms with Gasteiger partial charge in [0, 0.05) is 18.2 Å². The Morgan fingerprint density at radius 1 is 1.17 bits per heavy atom. The van der Waals surface area contributed by atoms with Crippen molar-refractivity contribution in [3.63, 3.8) is 0 Å². The molecule has 0 heterocycles. The van der Waals surface area contributed by atoms with Crippen molar-refractivity contribution in [2.75, 3.05) is 14.2 Å². The highest BCUT2D eigenvalue weighted by atomic mass is 16.7. The van der Waals surface area contributed by atoms with Crippen molar-refractivity contribution < 1.29 is 14.4 Å². The number of carbonyl (C=O) groups excluding carboxylic acids is 1. The van der Waals surface area contributed by atoms with Gasteiger partial charge in [-0.2, -0.15) is 0 Å². The molecule has 0 aliphatic rings. The first kappa shape index (κ1) is 16.8. The molecule has 0 N–H and O–H groups in total. The lowest BCUT2D eigenvalue weighted by atomic mass is 10.0. The number of ether oxygens (including phenoxy) is 1. The Balaban J connectivity index is 2.28. The van der Waals surface area contributed by atoms with E-state index < -0.39 is 0 Å². The molecule has 4 heteroatoms. The van der Waals surface area contributed by atoms with E-state index in [1.54, 1.807) is 19.2 Å². The van der Waals surface area contributed by atoms with Crippen molar-refractivity contribution in [1.29, 1.82) is 0 Å². The highest BCUT2D eigenvalue weighted by molar-refractivity contribution is 5.95. The van der Waals surface area contributed by atoms with Crippen LogP contribution < -0.4 is 4.74 Å². The predicted octanol–water partition coefficient (Wildman–Crippen LogP) is 3.63.